The predicted octanol–water partition coefficient (Wildman–Crippen LogP) is 2.11. The van der Waals surface area contributed by atoms with Crippen molar-refractivity contribution in [1.82, 2.24) is 5.32 Å². The van der Waals surface area contributed by atoms with Gasteiger partial charge >= 0.3 is 0 Å². The van der Waals surface area contributed by atoms with Gasteiger partial charge in [-0.15, -0.1) is 0 Å². The number of nitrogens with one attached hydrogen (secondary N) is 1. The minimum Gasteiger partial charge on any atom is -0.370 e. The number of hydrogen-bond acceptors (Lipinski definition) is 3. The first kappa shape index (κ1) is 14.8. The Labute approximate surface area is 116 Å². The van der Waals surface area contributed by atoms with Gasteiger partial charge in [0, 0.05) is 11.6 Å². The highest BCUT2D eigenvalue weighted by Gasteiger charge is 2.29. The van der Waals surface area contributed by atoms with E-state index >= 15 is 0 Å². The Morgan fingerprint density at radius 3 is 2.37 bits per heavy atom. The van der Waals surface area contributed by atoms with Gasteiger partial charge in [0.15, 0.2) is 0 Å². The van der Waals surface area contributed by atoms with E-state index in [-0.39, 0.29) is 18.1 Å². The van der Waals surface area contributed by atoms with E-state index in [1.165, 1.54) is 38.5 Å². The molecule has 2 aliphatic rings. The van der Waals surface area contributed by atoms with Crippen LogP contribution in [0.2, 0.25) is 0 Å². The molecular formula is C15H28N2O2. The Kier molecular flexibility index (Phi) is 5.64. The lowest BCUT2D eigenvalue weighted by molar-refractivity contribution is -0.127. The third-order valence-electron chi connectivity index (χ3n) is 4.44. The summed E-state index contributed by atoms with van der Waals surface area (Å²) in [6, 6.07) is 0.358. The SMILES string of the molecule is NC1(COCC(=O)NC2CCCCCC2)CCCC1. The minimum absolute atomic E-state index is 0.0218. The van der Waals surface area contributed by atoms with E-state index < -0.39 is 0 Å². The van der Waals surface area contributed by atoms with Gasteiger partial charge in [0.2, 0.25) is 5.91 Å². The number of carbonyl (C=O) groups excluding carboxylic acids is 1. The number of nitrogens with two attached hydrogens (primary N) is 1. The number of ether oxygens (including phenoxy) is 1. The summed E-state index contributed by atoms with van der Waals surface area (Å²) >= 11 is 0. The normalized spacial score (nSPS) is 24.1. The number of rotatable bonds is 5. The van der Waals surface area contributed by atoms with Crippen LogP contribution in [0.15, 0.2) is 0 Å². The molecule has 0 atom stereocenters. The summed E-state index contributed by atoms with van der Waals surface area (Å²) in [5.41, 5.74) is 6.02. The van der Waals surface area contributed by atoms with Gasteiger partial charge in [0.05, 0.1) is 6.61 Å². The summed E-state index contributed by atoms with van der Waals surface area (Å²) in [7, 11) is 0. The lowest BCUT2D eigenvalue weighted by atomic mass is 10.0. The summed E-state index contributed by atoms with van der Waals surface area (Å²) in [5.74, 6) is 0.0218. The van der Waals surface area contributed by atoms with Gasteiger partial charge in [-0.05, 0) is 25.7 Å². The molecule has 0 heterocycles. The fraction of sp³-hybridized carbons (Fsp3) is 0.933. The average Bonchev–Trinajstić information content (AvgIpc) is 2.64. The smallest absolute Gasteiger partial charge is 0.246 e. The summed E-state index contributed by atoms with van der Waals surface area (Å²) in [6.45, 7) is 0.681. The topological polar surface area (TPSA) is 64.3 Å². The van der Waals surface area contributed by atoms with E-state index in [0.29, 0.717) is 12.6 Å². The molecule has 0 aromatic carbocycles. The number of carbonyl (C=O) groups is 1. The van der Waals surface area contributed by atoms with Crippen molar-refractivity contribution in [2.45, 2.75) is 75.8 Å². The van der Waals surface area contributed by atoms with E-state index in [1.54, 1.807) is 0 Å². The van der Waals surface area contributed by atoms with Crippen LogP contribution in [0.1, 0.15) is 64.2 Å². The van der Waals surface area contributed by atoms with Crippen molar-refractivity contribution < 1.29 is 9.53 Å². The van der Waals surface area contributed by atoms with Gasteiger partial charge in [-0.3, -0.25) is 4.79 Å². The second kappa shape index (κ2) is 7.25. The molecule has 4 heteroatoms. The summed E-state index contributed by atoms with van der Waals surface area (Å²) in [6.07, 6.45) is 11.7. The van der Waals surface area contributed by atoms with Gasteiger partial charge in [-0.25, -0.2) is 0 Å². The number of hydrogen-bond donors (Lipinski definition) is 2. The molecule has 0 saturated heterocycles. The standard InChI is InChI=1S/C15H28N2O2/c16-15(9-5-6-10-15)12-19-11-14(18)17-13-7-3-1-2-4-8-13/h13H,1-12,16H2,(H,17,18). The second-order valence-electron chi connectivity index (χ2n) is 6.32. The van der Waals surface area contributed by atoms with Crippen molar-refractivity contribution in [1.29, 1.82) is 0 Å². The Hall–Kier alpha value is -0.610. The Morgan fingerprint density at radius 1 is 1.11 bits per heavy atom. The van der Waals surface area contributed by atoms with Crippen molar-refractivity contribution in [3.05, 3.63) is 0 Å². The van der Waals surface area contributed by atoms with Crippen molar-refractivity contribution in [3.63, 3.8) is 0 Å². The average molecular weight is 268 g/mol. The Balaban J connectivity index is 1.61. The van der Waals surface area contributed by atoms with Gasteiger partial charge < -0.3 is 15.8 Å². The van der Waals surface area contributed by atoms with Gasteiger partial charge in [0.1, 0.15) is 6.61 Å². The maximum absolute atomic E-state index is 11.8. The van der Waals surface area contributed by atoms with Gasteiger partial charge in [-0.2, -0.15) is 0 Å². The Morgan fingerprint density at radius 2 is 1.74 bits per heavy atom. The fourth-order valence-electron chi connectivity index (χ4n) is 3.26. The molecule has 0 aromatic heterocycles. The van der Waals surface area contributed by atoms with E-state index in [4.69, 9.17) is 10.5 Å². The molecule has 0 bridgehead atoms. The highest BCUT2D eigenvalue weighted by atomic mass is 16.5. The van der Waals surface area contributed by atoms with Crippen molar-refractivity contribution >= 4 is 5.91 Å². The van der Waals surface area contributed by atoms with Crippen LogP contribution >= 0.6 is 0 Å². The minimum atomic E-state index is -0.178. The summed E-state index contributed by atoms with van der Waals surface area (Å²) in [4.78, 5) is 11.8. The molecule has 2 fully saturated rings. The van der Waals surface area contributed by atoms with Crippen LogP contribution in [0.25, 0.3) is 0 Å². The quantitative estimate of drug-likeness (QED) is 0.751. The molecule has 4 nitrogen and oxygen atoms in total. The third-order valence-corrected chi connectivity index (χ3v) is 4.44. The van der Waals surface area contributed by atoms with Crippen molar-refractivity contribution in [2.24, 2.45) is 5.73 Å². The first-order chi connectivity index (χ1) is 9.18. The molecule has 0 spiro atoms. The number of amides is 1. The van der Waals surface area contributed by atoms with E-state index in [1.807, 2.05) is 0 Å². The highest BCUT2D eigenvalue weighted by Crippen LogP contribution is 2.27. The van der Waals surface area contributed by atoms with Crippen LogP contribution in [0, 0.1) is 0 Å². The van der Waals surface area contributed by atoms with Crippen LogP contribution in [0.5, 0.6) is 0 Å². The van der Waals surface area contributed by atoms with Crippen LogP contribution in [0.4, 0.5) is 0 Å². The molecule has 110 valence electrons. The molecule has 0 aromatic rings. The van der Waals surface area contributed by atoms with E-state index in [2.05, 4.69) is 5.32 Å². The van der Waals surface area contributed by atoms with Crippen molar-refractivity contribution in [2.75, 3.05) is 13.2 Å². The van der Waals surface area contributed by atoms with Crippen LogP contribution in [-0.2, 0) is 9.53 Å². The summed E-state index contributed by atoms with van der Waals surface area (Å²) < 4.78 is 5.52. The fourth-order valence-corrected chi connectivity index (χ4v) is 3.26. The Bertz CT molecular complexity index is 280. The van der Waals surface area contributed by atoms with Crippen molar-refractivity contribution in [3.8, 4) is 0 Å². The lowest BCUT2D eigenvalue weighted by Crippen LogP contribution is -2.43. The van der Waals surface area contributed by atoms with Gasteiger partial charge in [-0.1, -0.05) is 38.5 Å². The van der Waals surface area contributed by atoms with E-state index in [9.17, 15) is 4.79 Å². The van der Waals surface area contributed by atoms with Crippen LogP contribution < -0.4 is 11.1 Å². The first-order valence-corrected chi connectivity index (χ1v) is 7.84. The molecule has 1 amide bonds. The molecule has 2 aliphatic carbocycles. The maximum atomic E-state index is 11.8. The lowest BCUT2D eigenvalue weighted by Gasteiger charge is -2.23. The zero-order valence-electron chi connectivity index (χ0n) is 12.0. The van der Waals surface area contributed by atoms with Gasteiger partial charge in [0.25, 0.3) is 0 Å². The molecule has 0 unspecified atom stereocenters. The van der Waals surface area contributed by atoms with Crippen LogP contribution in [0.3, 0.4) is 0 Å². The monoisotopic (exact) mass is 268 g/mol. The zero-order chi connectivity index (χ0) is 13.6. The van der Waals surface area contributed by atoms with Crippen LogP contribution in [-0.4, -0.2) is 30.7 Å². The molecule has 2 rings (SSSR count). The first-order valence-electron chi connectivity index (χ1n) is 7.84. The molecule has 3 N–H and O–H groups in total. The summed E-state index contributed by atoms with van der Waals surface area (Å²) in [5, 5.41) is 3.09. The molecule has 19 heavy (non-hydrogen) atoms. The maximum Gasteiger partial charge on any atom is 0.246 e. The zero-order valence-corrected chi connectivity index (χ0v) is 12.0. The largest absolute Gasteiger partial charge is 0.370 e. The molecule has 2 saturated carbocycles. The highest BCUT2D eigenvalue weighted by molar-refractivity contribution is 5.77. The third kappa shape index (κ3) is 5.11. The molecule has 0 aliphatic heterocycles. The van der Waals surface area contributed by atoms with E-state index in [0.717, 1.165) is 25.7 Å². The molecular weight excluding hydrogens is 240 g/mol. The molecule has 0 radical (unpaired) electrons. The predicted molar refractivity (Wildman–Crippen MR) is 75.8 cm³/mol. The second-order valence-corrected chi connectivity index (χ2v) is 6.32.